The number of nitrogens with one attached hydrogen (secondary N) is 1. The van der Waals surface area contributed by atoms with E-state index in [9.17, 15) is 19.7 Å². The fourth-order valence-corrected chi connectivity index (χ4v) is 3.30. The molecule has 9 nitrogen and oxygen atoms in total. The fourth-order valence-electron chi connectivity index (χ4n) is 3.05. The Kier molecular flexibility index (Phi) is 5.69. The van der Waals surface area contributed by atoms with Crippen LogP contribution in [0.2, 0.25) is 0 Å². The van der Waals surface area contributed by atoms with Gasteiger partial charge in [0.05, 0.1) is 4.92 Å². The summed E-state index contributed by atoms with van der Waals surface area (Å²) in [5, 5.41) is 13.4. The average molecular weight is 401 g/mol. The Morgan fingerprint density at radius 1 is 1.18 bits per heavy atom. The van der Waals surface area contributed by atoms with Crippen molar-refractivity contribution >= 4 is 40.5 Å². The number of piperazine rings is 1. The lowest BCUT2D eigenvalue weighted by Gasteiger charge is -2.36. The predicted molar refractivity (Wildman–Crippen MR) is 108 cm³/mol. The van der Waals surface area contributed by atoms with Crippen molar-refractivity contribution in [1.82, 2.24) is 15.1 Å². The molecular formula is C18H19N5O4S. The second-order valence-electron chi connectivity index (χ2n) is 6.30. The van der Waals surface area contributed by atoms with Crippen molar-refractivity contribution in [3.63, 3.8) is 0 Å². The number of thiocarbonyl (C=S) groups is 1. The van der Waals surface area contributed by atoms with Gasteiger partial charge in [-0.3, -0.25) is 29.9 Å². The number of rotatable bonds is 5. The monoisotopic (exact) mass is 401 g/mol. The summed E-state index contributed by atoms with van der Waals surface area (Å²) in [4.78, 5) is 40.4. The molecule has 10 heteroatoms. The first kappa shape index (κ1) is 19.5. The molecule has 0 unspecified atom stereocenters. The molecule has 0 spiro atoms. The lowest BCUT2D eigenvalue weighted by molar-refractivity contribution is -0.384. The van der Waals surface area contributed by atoms with Crippen LogP contribution in [0.5, 0.6) is 0 Å². The van der Waals surface area contributed by atoms with Crippen LogP contribution in [0, 0.1) is 10.1 Å². The van der Waals surface area contributed by atoms with Crippen LogP contribution in [0.1, 0.15) is 0 Å². The molecule has 1 N–H and O–H groups in total. The fraction of sp³-hybridized carbons (Fsp3) is 0.278. The van der Waals surface area contributed by atoms with Crippen molar-refractivity contribution in [2.75, 3.05) is 37.6 Å². The number of carbonyl (C=O) groups excluding carboxylic acids is 2. The largest absolute Gasteiger partial charge is 0.373 e. The Morgan fingerprint density at radius 2 is 1.82 bits per heavy atom. The van der Waals surface area contributed by atoms with Crippen molar-refractivity contribution < 1.29 is 14.5 Å². The highest BCUT2D eigenvalue weighted by molar-refractivity contribution is 7.80. The molecule has 0 radical (unpaired) electrons. The summed E-state index contributed by atoms with van der Waals surface area (Å²) in [5.74, 6) is -0.945. The molecule has 0 aromatic heterocycles. The van der Waals surface area contributed by atoms with E-state index in [4.69, 9.17) is 12.2 Å². The zero-order chi connectivity index (χ0) is 20.3. The van der Waals surface area contributed by atoms with Gasteiger partial charge in [0.1, 0.15) is 5.57 Å². The zero-order valence-corrected chi connectivity index (χ0v) is 15.9. The zero-order valence-electron chi connectivity index (χ0n) is 15.0. The van der Waals surface area contributed by atoms with E-state index < -0.39 is 16.7 Å². The van der Waals surface area contributed by atoms with Gasteiger partial charge in [0.25, 0.3) is 17.5 Å². The van der Waals surface area contributed by atoms with E-state index in [0.717, 1.165) is 5.69 Å². The van der Waals surface area contributed by atoms with Gasteiger partial charge in [-0.2, -0.15) is 0 Å². The Bertz CT molecular complexity index is 859. The van der Waals surface area contributed by atoms with E-state index in [-0.39, 0.29) is 22.9 Å². The van der Waals surface area contributed by atoms with Crippen LogP contribution in [0.4, 0.5) is 11.4 Å². The first-order valence-electron chi connectivity index (χ1n) is 8.64. The second kappa shape index (κ2) is 8.17. The van der Waals surface area contributed by atoms with E-state index >= 15 is 0 Å². The summed E-state index contributed by atoms with van der Waals surface area (Å²) in [6.07, 6.45) is 3.12. The molecule has 2 saturated heterocycles. The van der Waals surface area contributed by atoms with Crippen molar-refractivity contribution in [1.29, 1.82) is 0 Å². The maximum absolute atomic E-state index is 12.6. The van der Waals surface area contributed by atoms with Crippen molar-refractivity contribution in [3.05, 3.63) is 58.8 Å². The average Bonchev–Trinajstić information content (AvgIpc) is 2.69. The van der Waals surface area contributed by atoms with Gasteiger partial charge in [-0.15, -0.1) is 6.58 Å². The van der Waals surface area contributed by atoms with Gasteiger partial charge >= 0.3 is 0 Å². The summed E-state index contributed by atoms with van der Waals surface area (Å²) >= 11 is 5.03. The van der Waals surface area contributed by atoms with Crippen molar-refractivity contribution in [3.8, 4) is 0 Å². The minimum atomic E-state index is -0.506. The first-order chi connectivity index (χ1) is 13.4. The molecule has 0 bridgehead atoms. The molecular weight excluding hydrogens is 382 g/mol. The van der Waals surface area contributed by atoms with E-state index in [0.29, 0.717) is 26.2 Å². The molecule has 2 heterocycles. The Balaban J connectivity index is 1.66. The number of carbonyl (C=O) groups is 2. The van der Waals surface area contributed by atoms with Gasteiger partial charge in [0.15, 0.2) is 5.11 Å². The van der Waals surface area contributed by atoms with Crippen LogP contribution in [0.3, 0.4) is 0 Å². The minimum Gasteiger partial charge on any atom is -0.373 e. The van der Waals surface area contributed by atoms with Crippen LogP contribution in [0.25, 0.3) is 0 Å². The molecule has 0 atom stereocenters. The molecule has 1 aromatic carbocycles. The SMILES string of the molecule is C=CCN1C(=O)/C(=C\N2CCN(c3ccc([N+](=O)[O-])cc3)CC2)C(=O)NC1=S. The lowest BCUT2D eigenvalue weighted by atomic mass is 10.1. The minimum absolute atomic E-state index is 0.0410. The number of anilines is 1. The van der Waals surface area contributed by atoms with Crippen LogP contribution < -0.4 is 10.2 Å². The Hall–Kier alpha value is -3.27. The van der Waals surface area contributed by atoms with Gasteiger partial charge in [0.2, 0.25) is 0 Å². The second-order valence-corrected chi connectivity index (χ2v) is 6.69. The number of hydrogen-bond acceptors (Lipinski definition) is 7. The van der Waals surface area contributed by atoms with E-state index in [1.165, 1.54) is 17.0 Å². The standard InChI is InChI=1S/C18H19N5O4S/c1-2-7-22-17(25)15(16(24)19-18(22)28)12-20-8-10-21(11-9-20)13-3-5-14(6-4-13)23(26)27/h2-6,12H,1,7-11H2,(H,19,24,28)/b15-12-. The summed E-state index contributed by atoms with van der Waals surface area (Å²) in [5.41, 5.74) is 0.988. The van der Waals surface area contributed by atoms with Crippen LogP contribution in [-0.4, -0.2) is 64.4 Å². The molecule has 0 aliphatic carbocycles. The molecule has 0 saturated carbocycles. The summed E-state index contributed by atoms with van der Waals surface area (Å²) < 4.78 is 0. The molecule has 2 aliphatic rings. The van der Waals surface area contributed by atoms with Gasteiger partial charge in [-0.25, -0.2) is 0 Å². The highest BCUT2D eigenvalue weighted by atomic mass is 32.1. The third-order valence-corrected chi connectivity index (χ3v) is 4.87. The number of benzene rings is 1. The summed E-state index contributed by atoms with van der Waals surface area (Å²) in [6.45, 7) is 6.35. The molecule has 2 aliphatic heterocycles. The molecule has 3 rings (SSSR count). The van der Waals surface area contributed by atoms with Crippen LogP contribution >= 0.6 is 12.2 Å². The smallest absolute Gasteiger partial charge is 0.269 e. The maximum atomic E-state index is 12.6. The highest BCUT2D eigenvalue weighted by Crippen LogP contribution is 2.21. The lowest BCUT2D eigenvalue weighted by Crippen LogP contribution is -2.54. The third-order valence-electron chi connectivity index (χ3n) is 4.55. The number of hydrogen-bond donors (Lipinski definition) is 1. The van der Waals surface area contributed by atoms with Gasteiger partial charge in [-0.1, -0.05) is 6.08 Å². The predicted octanol–water partition coefficient (Wildman–Crippen LogP) is 1.03. The molecule has 146 valence electrons. The third kappa shape index (κ3) is 4.01. The molecule has 2 fully saturated rings. The molecule has 28 heavy (non-hydrogen) atoms. The van der Waals surface area contributed by atoms with Crippen molar-refractivity contribution in [2.24, 2.45) is 0 Å². The quantitative estimate of drug-likeness (QED) is 0.196. The van der Waals surface area contributed by atoms with Crippen molar-refractivity contribution in [2.45, 2.75) is 0 Å². The first-order valence-corrected chi connectivity index (χ1v) is 9.05. The number of non-ortho nitro benzene ring substituents is 1. The highest BCUT2D eigenvalue weighted by Gasteiger charge is 2.33. The van der Waals surface area contributed by atoms with E-state index in [1.807, 2.05) is 4.90 Å². The van der Waals surface area contributed by atoms with E-state index in [1.54, 1.807) is 24.4 Å². The Labute approximate surface area is 167 Å². The van der Waals surface area contributed by atoms with Crippen LogP contribution in [-0.2, 0) is 9.59 Å². The maximum Gasteiger partial charge on any atom is 0.269 e. The van der Waals surface area contributed by atoms with Gasteiger partial charge < -0.3 is 9.80 Å². The van der Waals surface area contributed by atoms with E-state index in [2.05, 4.69) is 16.8 Å². The number of amides is 2. The van der Waals surface area contributed by atoms with Gasteiger partial charge in [-0.05, 0) is 24.4 Å². The van der Waals surface area contributed by atoms with Crippen LogP contribution in [0.15, 0.2) is 48.7 Å². The number of nitrogens with zero attached hydrogens (tertiary/aromatic N) is 4. The normalized spacial score (nSPS) is 19.1. The molecule has 1 aromatic rings. The number of nitro groups is 1. The Morgan fingerprint density at radius 3 is 2.39 bits per heavy atom. The topological polar surface area (TPSA) is 99.0 Å². The van der Waals surface area contributed by atoms with Gasteiger partial charge in [0, 0.05) is 56.7 Å². The molecule has 2 amide bonds. The summed E-state index contributed by atoms with van der Waals surface area (Å²) in [7, 11) is 0. The number of nitro benzene ring substituents is 1. The summed E-state index contributed by atoms with van der Waals surface area (Å²) in [6, 6.07) is 6.40.